The number of halogens is 5. The molecule has 170 valence electrons. The third-order valence-electron chi connectivity index (χ3n) is 5.77. The van der Waals surface area contributed by atoms with Crippen LogP contribution < -0.4 is 11.2 Å². The highest BCUT2D eigenvalue weighted by Crippen LogP contribution is 2.46. The van der Waals surface area contributed by atoms with E-state index in [1.54, 1.807) is 0 Å². The molecule has 1 N–H and O–H groups in total. The molecule has 1 saturated carbocycles. The molecule has 32 heavy (non-hydrogen) atoms. The van der Waals surface area contributed by atoms with E-state index in [4.69, 9.17) is 16.4 Å². The summed E-state index contributed by atoms with van der Waals surface area (Å²) in [6.07, 6.45) is -3.89. The molecule has 0 saturated heterocycles. The van der Waals surface area contributed by atoms with Crippen LogP contribution in [0.1, 0.15) is 30.5 Å². The summed E-state index contributed by atoms with van der Waals surface area (Å²) in [5.41, 5.74) is -6.49. The highest BCUT2D eigenvalue weighted by atomic mass is 35.5. The molecule has 1 aromatic heterocycles. The van der Waals surface area contributed by atoms with E-state index in [9.17, 15) is 37.1 Å². The number of aliphatic carboxylic acids is 1. The van der Waals surface area contributed by atoms with Crippen molar-refractivity contribution in [3.8, 4) is 5.69 Å². The van der Waals surface area contributed by atoms with Crippen LogP contribution >= 0.6 is 11.6 Å². The van der Waals surface area contributed by atoms with Gasteiger partial charge < -0.3 is 9.94 Å². The lowest BCUT2D eigenvalue weighted by atomic mass is 9.85. The van der Waals surface area contributed by atoms with Gasteiger partial charge in [0.25, 0.3) is 5.56 Å². The first kappa shape index (κ1) is 22.1. The predicted molar refractivity (Wildman–Crippen MR) is 103 cm³/mol. The average molecular weight is 476 g/mol. The molecule has 0 amide bonds. The number of carbonyl (C=O) groups is 1. The Morgan fingerprint density at radius 1 is 1.31 bits per heavy atom. The fraction of sp³-hybridized carbons (Fsp3) is 0.368. The van der Waals surface area contributed by atoms with Crippen LogP contribution in [-0.2, 0) is 22.9 Å². The van der Waals surface area contributed by atoms with Crippen LogP contribution in [0.5, 0.6) is 0 Å². The molecule has 2 atom stereocenters. The van der Waals surface area contributed by atoms with Crippen LogP contribution in [0.4, 0.5) is 17.6 Å². The molecule has 1 aliphatic heterocycles. The van der Waals surface area contributed by atoms with Gasteiger partial charge in [0.2, 0.25) is 5.60 Å². The minimum Gasteiger partial charge on any atom is -0.478 e. The number of hydrogen-bond acceptors (Lipinski definition) is 5. The first-order chi connectivity index (χ1) is 14.9. The van der Waals surface area contributed by atoms with Crippen LogP contribution in [0.2, 0.25) is 5.02 Å². The molecule has 0 bridgehead atoms. The number of rotatable bonds is 3. The van der Waals surface area contributed by atoms with E-state index in [2.05, 4.69) is 5.16 Å². The number of alkyl halides is 3. The molecule has 2 aliphatic rings. The van der Waals surface area contributed by atoms with Gasteiger partial charge >= 0.3 is 17.8 Å². The van der Waals surface area contributed by atoms with Crippen molar-refractivity contribution < 1.29 is 32.3 Å². The van der Waals surface area contributed by atoms with Gasteiger partial charge in [-0.1, -0.05) is 16.8 Å². The summed E-state index contributed by atoms with van der Waals surface area (Å²) in [6.45, 7) is 0. The number of benzene rings is 1. The first-order valence-electron chi connectivity index (χ1n) is 9.28. The predicted octanol–water partition coefficient (Wildman–Crippen LogP) is 2.71. The lowest BCUT2D eigenvalue weighted by Gasteiger charge is -2.22. The van der Waals surface area contributed by atoms with Crippen molar-refractivity contribution in [3.05, 3.63) is 61.1 Å². The van der Waals surface area contributed by atoms with E-state index in [1.165, 1.54) is 0 Å². The van der Waals surface area contributed by atoms with Gasteiger partial charge in [-0.3, -0.25) is 9.36 Å². The average Bonchev–Trinajstić information content (AvgIpc) is 3.26. The monoisotopic (exact) mass is 475 g/mol. The topological polar surface area (TPSA) is 103 Å². The highest BCUT2D eigenvalue weighted by molar-refractivity contribution is 6.34. The van der Waals surface area contributed by atoms with Crippen LogP contribution in [0.3, 0.4) is 0 Å². The number of aromatic nitrogens is 2. The van der Waals surface area contributed by atoms with E-state index in [1.807, 2.05) is 0 Å². The maximum atomic E-state index is 14.7. The number of carboxylic acids is 1. The lowest BCUT2D eigenvalue weighted by Crippen LogP contribution is -2.43. The van der Waals surface area contributed by atoms with Crippen LogP contribution in [0.15, 0.2) is 32.9 Å². The molecule has 1 fully saturated rings. The van der Waals surface area contributed by atoms with E-state index < -0.39 is 52.1 Å². The van der Waals surface area contributed by atoms with Crippen molar-refractivity contribution in [2.24, 2.45) is 18.1 Å². The van der Waals surface area contributed by atoms with Gasteiger partial charge in [-0.05, 0) is 25.0 Å². The molecule has 2 unspecified atom stereocenters. The summed E-state index contributed by atoms with van der Waals surface area (Å²) in [7, 11) is 0.796. The Morgan fingerprint density at radius 3 is 2.62 bits per heavy atom. The Morgan fingerprint density at radius 2 is 2.00 bits per heavy atom. The molecule has 0 spiro atoms. The fourth-order valence-electron chi connectivity index (χ4n) is 4.19. The van der Waals surface area contributed by atoms with Crippen molar-refractivity contribution in [2.45, 2.75) is 31.0 Å². The zero-order valence-corrected chi connectivity index (χ0v) is 17.0. The number of carboxylic acid groups (broad SMARTS) is 1. The van der Waals surface area contributed by atoms with E-state index in [0.717, 1.165) is 19.2 Å². The van der Waals surface area contributed by atoms with Crippen LogP contribution in [-0.4, -0.2) is 31.5 Å². The van der Waals surface area contributed by atoms with Gasteiger partial charge in [-0.15, -0.1) is 0 Å². The quantitative estimate of drug-likeness (QED) is 0.688. The smallest absolute Gasteiger partial charge is 0.431 e. The summed E-state index contributed by atoms with van der Waals surface area (Å²) >= 11 is 6.14. The largest absolute Gasteiger partial charge is 0.478 e. The number of oxime groups is 1. The van der Waals surface area contributed by atoms with Crippen LogP contribution in [0.25, 0.3) is 5.69 Å². The van der Waals surface area contributed by atoms with E-state index in [0.29, 0.717) is 12.8 Å². The number of fused-ring (bicyclic) bond motifs is 1. The van der Waals surface area contributed by atoms with Gasteiger partial charge in [-0.2, -0.15) is 13.2 Å². The normalized spacial score (nSPS) is 22.4. The van der Waals surface area contributed by atoms with Crippen molar-refractivity contribution in [1.82, 2.24) is 9.13 Å². The van der Waals surface area contributed by atoms with Gasteiger partial charge in [0.1, 0.15) is 11.5 Å². The minimum atomic E-state index is -4.98. The summed E-state index contributed by atoms with van der Waals surface area (Å²) < 4.78 is 54.4. The second-order valence-electron chi connectivity index (χ2n) is 7.53. The molecule has 1 aliphatic carbocycles. The van der Waals surface area contributed by atoms with Gasteiger partial charge in [0.15, 0.2) is 0 Å². The molecule has 0 radical (unpaired) electrons. The molecular weight excluding hydrogens is 462 g/mol. The summed E-state index contributed by atoms with van der Waals surface area (Å²) in [6, 6.07) is 1.93. The molecule has 2 heterocycles. The second kappa shape index (κ2) is 7.19. The van der Waals surface area contributed by atoms with Gasteiger partial charge in [0.05, 0.1) is 22.3 Å². The molecular formula is C19H14ClF4N3O5. The first-order valence-corrected chi connectivity index (χ1v) is 9.66. The third-order valence-corrected chi connectivity index (χ3v) is 6.08. The van der Waals surface area contributed by atoms with E-state index >= 15 is 0 Å². The Kier molecular flexibility index (Phi) is 4.96. The SMILES string of the molecule is Cn1c(C(F)(F)F)cc(=O)n(-c2cc(C3=NOC4(C(=O)O)CCCC34)c(Cl)cc2F)c1=O. The molecule has 2 aromatic rings. The second-order valence-corrected chi connectivity index (χ2v) is 7.94. The molecule has 8 nitrogen and oxygen atoms in total. The summed E-state index contributed by atoms with van der Waals surface area (Å²) in [5.74, 6) is -3.10. The Hall–Kier alpha value is -3.15. The highest BCUT2D eigenvalue weighted by Gasteiger charge is 2.58. The standard InChI is InChI=1S/C19H14ClF4N3O5/c1-26-13(19(22,23)24)7-14(28)27(17(26)31)12-5-8(10(20)6-11(12)21)15-9-3-2-4-18(9,16(29)30)32-25-15/h5-7,9H,2-4H2,1H3,(H,29,30). The third kappa shape index (κ3) is 3.12. The maximum absolute atomic E-state index is 14.7. The fourth-order valence-corrected chi connectivity index (χ4v) is 4.44. The van der Waals surface area contributed by atoms with Crippen LogP contribution in [0, 0.1) is 11.7 Å². The van der Waals surface area contributed by atoms with Crippen molar-refractivity contribution in [3.63, 3.8) is 0 Å². The summed E-state index contributed by atoms with van der Waals surface area (Å²) in [5, 5.41) is 13.2. The zero-order chi connectivity index (χ0) is 23.6. The Balaban J connectivity index is 1.90. The lowest BCUT2D eigenvalue weighted by molar-refractivity contribution is -0.164. The van der Waals surface area contributed by atoms with Gasteiger partial charge in [-0.25, -0.2) is 18.5 Å². The van der Waals surface area contributed by atoms with Crippen molar-refractivity contribution in [1.29, 1.82) is 0 Å². The van der Waals surface area contributed by atoms with Crippen molar-refractivity contribution >= 4 is 23.3 Å². The molecule has 1 aromatic carbocycles. The Bertz CT molecular complexity index is 1300. The zero-order valence-electron chi connectivity index (χ0n) is 16.2. The number of nitrogens with zero attached hydrogens (tertiary/aromatic N) is 3. The minimum absolute atomic E-state index is 0.00643. The van der Waals surface area contributed by atoms with Gasteiger partial charge in [0, 0.05) is 25.1 Å². The Labute approximate surface area is 181 Å². The number of hydrogen-bond donors (Lipinski definition) is 1. The molecule has 13 heteroatoms. The molecule has 4 rings (SSSR count). The van der Waals surface area contributed by atoms with E-state index in [-0.39, 0.29) is 37.9 Å². The van der Waals surface area contributed by atoms with Crippen molar-refractivity contribution in [2.75, 3.05) is 0 Å². The maximum Gasteiger partial charge on any atom is 0.431 e. The summed E-state index contributed by atoms with van der Waals surface area (Å²) in [4.78, 5) is 41.9.